The Kier molecular flexibility index (Phi) is 3.35. The smallest absolute Gasteiger partial charge is 0.232 e. The van der Waals surface area contributed by atoms with Gasteiger partial charge in [0.05, 0.1) is 36.3 Å². The number of hydrogen-bond donors (Lipinski definition) is 2. The third-order valence-electron chi connectivity index (χ3n) is 1.90. The number of imidazole rings is 1. The second kappa shape index (κ2) is 4.93. The van der Waals surface area contributed by atoms with Crippen LogP contribution in [-0.4, -0.2) is 27.0 Å². The summed E-state index contributed by atoms with van der Waals surface area (Å²) >= 11 is 3.29. The molecule has 0 saturated carbocycles. The highest BCUT2D eigenvalue weighted by Gasteiger charge is 2.04. The number of methoxy groups -OCH3 is 1. The second-order valence-electron chi connectivity index (χ2n) is 2.98. The Hall–Kier alpha value is -1.63. The molecule has 84 valence electrons. The lowest BCUT2D eigenvalue weighted by molar-refractivity contribution is 0.394. The van der Waals surface area contributed by atoms with Crippen molar-refractivity contribution in [2.24, 2.45) is 0 Å². The second-order valence-corrected chi connectivity index (χ2v) is 3.84. The van der Waals surface area contributed by atoms with Gasteiger partial charge in [0.15, 0.2) is 0 Å². The van der Waals surface area contributed by atoms with Crippen LogP contribution in [-0.2, 0) is 6.54 Å². The molecule has 0 aliphatic heterocycles. The first-order valence-corrected chi connectivity index (χ1v) is 5.36. The molecule has 0 saturated heterocycles. The van der Waals surface area contributed by atoms with Gasteiger partial charge in [0.1, 0.15) is 0 Å². The van der Waals surface area contributed by atoms with Crippen LogP contribution in [0.4, 0.5) is 5.95 Å². The predicted molar refractivity (Wildman–Crippen MR) is 62.2 cm³/mol. The SMILES string of the molecule is COc1nc(NCc2cnc[nH]2)ncc1Br. The molecule has 0 atom stereocenters. The fourth-order valence-electron chi connectivity index (χ4n) is 1.14. The van der Waals surface area contributed by atoms with Crippen LogP contribution in [0.5, 0.6) is 5.88 Å². The Bertz CT molecular complexity index is 459. The molecule has 0 aliphatic carbocycles. The molecule has 0 spiro atoms. The molecule has 0 aliphatic rings. The average Bonchev–Trinajstić information content (AvgIpc) is 2.81. The van der Waals surface area contributed by atoms with E-state index in [1.165, 1.54) is 0 Å². The Morgan fingerprint density at radius 2 is 2.38 bits per heavy atom. The van der Waals surface area contributed by atoms with Crippen molar-refractivity contribution in [1.29, 1.82) is 0 Å². The highest BCUT2D eigenvalue weighted by molar-refractivity contribution is 9.10. The van der Waals surface area contributed by atoms with Crippen molar-refractivity contribution in [2.45, 2.75) is 6.54 Å². The number of nitrogens with one attached hydrogen (secondary N) is 2. The van der Waals surface area contributed by atoms with Gasteiger partial charge < -0.3 is 15.0 Å². The van der Waals surface area contributed by atoms with Crippen LogP contribution in [0.1, 0.15) is 5.69 Å². The van der Waals surface area contributed by atoms with Gasteiger partial charge in [-0.15, -0.1) is 0 Å². The molecule has 0 radical (unpaired) electrons. The minimum Gasteiger partial charge on any atom is -0.480 e. The summed E-state index contributed by atoms with van der Waals surface area (Å²) in [6, 6.07) is 0. The molecule has 2 heterocycles. The lowest BCUT2D eigenvalue weighted by atomic mass is 10.5. The van der Waals surface area contributed by atoms with E-state index < -0.39 is 0 Å². The summed E-state index contributed by atoms with van der Waals surface area (Å²) < 4.78 is 5.79. The zero-order chi connectivity index (χ0) is 11.4. The van der Waals surface area contributed by atoms with Crippen molar-refractivity contribution < 1.29 is 4.74 Å². The molecular weight excluding hydrogens is 274 g/mol. The van der Waals surface area contributed by atoms with Crippen molar-refractivity contribution in [3.63, 3.8) is 0 Å². The van der Waals surface area contributed by atoms with E-state index in [0.717, 1.165) is 10.2 Å². The van der Waals surface area contributed by atoms with Crippen LogP contribution in [0.2, 0.25) is 0 Å². The molecule has 0 aromatic carbocycles. The Labute approximate surface area is 101 Å². The number of rotatable bonds is 4. The molecule has 2 aromatic rings. The van der Waals surface area contributed by atoms with Crippen LogP contribution in [0.15, 0.2) is 23.2 Å². The fraction of sp³-hybridized carbons (Fsp3) is 0.222. The van der Waals surface area contributed by atoms with Gasteiger partial charge in [-0.2, -0.15) is 4.98 Å². The van der Waals surface area contributed by atoms with Crippen LogP contribution >= 0.6 is 15.9 Å². The highest BCUT2D eigenvalue weighted by atomic mass is 79.9. The molecule has 0 unspecified atom stereocenters. The van der Waals surface area contributed by atoms with E-state index in [2.05, 4.69) is 41.2 Å². The zero-order valence-electron chi connectivity index (χ0n) is 8.57. The maximum Gasteiger partial charge on any atom is 0.232 e. The van der Waals surface area contributed by atoms with Crippen molar-refractivity contribution in [1.82, 2.24) is 19.9 Å². The summed E-state index contributed by atoms with van der Waals surface area (Å²) in [5, 5.41) is 3.05. The average molecular weight is 284 g/mol. The molecule has 0 amide bonds. The van der Waals surface area contributed by atoms with E-state index in [9.17, 15) is 0 Å². The minimum absolute atomic E-state index is 0.502. The maximum atomic E-state index is 5.06. The van der Waals surface area contributed by atoms with E-state index >= 15 is 0 Å². The minimum atomic E-state index is 0.502. The molecule has 2 aromatic heterocycles. The Balaban J connectivity index is 2.04. The van der Waals surface area contributed by atoms with Gasteiger partial charge in [-0.1, -0.05) is 0 Å². The number of H-pyrrole nitrogens is 1. The van der Waals surface area contributed by atoms with Gasteiger partial charge in [0, 0.05) is 6.20 Å². The van der Waals surface area contributed by atoms with Crippen LogP contribution in [0.3, 0.4) is 0 Å². The largest absolute Gasteiger partial charge is 0.480 e. The zero-order valence-corrected chi connectivity index (χ0v) is 10.2. The van der Waals surface area contributed by atoms with Gasteiger partial charge in [0.25, 0.3) is 0 Å². The summed E-state index contributed by atoms with van der Waals surface area (Å²) in [6.07, 6.45) is 5.00. The highest BCUT2D eigenvalue weighted by Crippen LogP contribution is 2.21. The lowest BCUT2D eigenvalue weighted by Crippen LogP contribution is -2.04. The van der Waals surface area contributed by atoms with Gasteiger partial charge in [0.2, 0.25) is 11.8 Å². The predicted octanol–water partition coefficient (Wildman–Crippen LogP) is 1.58. The van der Waals surface area contributed by atoms with E-state index in [4.69, 9.17) is 4.74 Å². The normalized spacial score (nSPS) is 10.1. The van der Waals surface area contributed by atoms with Gasteiger partial charge >= 0.3 is 0 Å². The first-order chi connectivity index (χ1) is 7.79. The third-order valence-corrected chi connectivity index (χ3v) is 2.44. The quantitative estimate of drug-likeness (QED) is 0.891. The monoisotopic (exact) mass is 283 g/mol. The first kappa shape index (κ1) is 10.9. The Morgan fingerprint density at radius 3 is 3.06 bits per heavy atom. The van der Waals surface area contributed by atoms with Crippen molar-refractivity contribution in [2.75, 3.05) is 12.4 Å². The molecule has 16 heavy (non-hydrogen) atoms. The van der Waals surface area contributed by atoms with Crippen LogP contribution in [0, 0.1) is 0 Å². The summed E-state index contributed by atoms with van der Waals surface area (Å²) in [5.74, 6) is 1.01. The Morgan fingerprint density at radius 1 is 1.50 bits per heavy atom. The number of halogens is 1. The molecular formula is C9H10BrN5O. The van der Waals surface area contributed by atoms with E-state index in [1.54, 1.807) is 25.8 Å². The topological polar surface area (TPSA) is 75.7 Å². The standard InChI is InChI=1S/C9H10BrN5O/c1-16-8-7(10)4-13-9(15-8)12-3-6-2-11-5-14-6/h2,4-5H,3H2,1H3,(H,11,14)(H,12,13,15). The van der Waals surface area contributed by atoms with Crippen molar-refractivity contribution >= 4 is 21.9 Å². The van der Waals surface area contributed by atoms with E-state index in [1.807, 2.05) is 0 Å². The maximum absolute atomic E-state index is 5.06. The fourth-order valence-corrected chi connectivity index (χ4v) is 1.49. The van der Waals surface area contributed by atoms with E-state index in [0.29, 0.717) is 18.4 Å². The molecule has 7 heteroatoms. The first-order valence-electron chi connectivity index (χ1n) is 4.57. The number of hydrogen-bond acceptors (Lipinski definition) is 5. The summed E-state index contributed by atoms with van der Waals surface area (Å²) in [5.41, 5.74) is 0.963. The summed E-state index contributed by atoms with van der Waals surface area (Å²) in [7, 11) is 1.56. The van der Waals surface area contributed by atoms with E-state index in [-0.39, 0.29) is 0 Å². The number of ether oxygens (including phenoxy) is 1. The molecule has 0 bridgehead atoms. The van der Waals surface area contributed by atoms with Crippen LogP contribution < -0.4 is 10.1 Å². The number of anilines is 1. The number of aromatic amines is 1. The summed E-state index contributed by atoms with van der Waals surface area (Å²) in [6.45, 7) is 0.588. The van der Waals surface area contributed by atoms with Crippen LogP contribution in [0.25, 0.3) is 0 Å². The van der Waals surface area contributed by atoms with Crippen molar-refractivity contribution in [3.05, 3.63) is 28.9 Å². The molecule has 6 nitrogen and oxygen atoms in total. The number of nitrogens with zero attached hydrogens (tertiary/aromatic N) is 3. The third kappa shape index (κ3) is 2.48. The summed E-state index contributed by atoms with van der Waals surface area (Å²) in [4.78, 5) is 15.2. The molecule has 0 fully saturated rings. The van der Waals surface area contributed by atoms with Gasteiger partial charge in [-0.25, -0.2) is 9.97 Å². The number of aromatic nitrogens is 4. The lowest BCUT2D eigenvalue weighted by Gasteiger charge is -2.05. The molecule has 2 N–H and O–H groups in total. The van der Waals surface area contributed by atoms with Crippen molar-refractivity contribution in [3.8, 4) is 5.88 Å². The van der Waals surface area contributed by atoms with Gasteiger partial charge in [-0.05, 0) is 15.9 Å². The van der Waals surface area contributed by atoms with Gasteiger partial charge in [-0.3, -0.25) is 0 Å². The molecule has 2 rings (SSSR count).